The van der Waals surface area contributed by atoms with Gasteiger partial charge in [0.15, 0.2) is 11.3 Å². The minimum atomic E-state index is 0.263. The van der Waals surface area contributed by atoms with E-state index in [1.807, 2.05) is 82.6 Å². The number of nitrogens with one attached hydrogen (secondary N) is 1. The second kappa shape index (κ2) is 17.5. The highest BCUT2D eigenvalue weighted by Crippen LogP contribution is 2.35. The van der Waals surface area contributed by atoms with Crippen LogP contribution in [-0.2, 0) is 0 Å². The molecule has 8 heterocycles. The summed E-state index contributed by atoms with van der Waals surface area (Å²) in [7, 11) is 0. The van der Waals surface area contributed by atoms with Gasteiger partial charge in [-0.2, -0.15) is 10.2 Å². The third-order valence-electron chi connectivity index (χ3n) is 13.5. The van der Waals surface area contributed by atoms with Gasteiger partial charge in [0, 0.05) is 119 Å². The predicted molar refractivity (Wildman–Crippen MR) is 268 cm³/mol. The zero-order chi connectivity index (χ0) is 46.5. The van der Waals surface area contributed by atoms with Crippen LogP contribution in [0, 0.1) is 0 Å². The van der Waals surface area contributed by atoms with Gasteiger partial charge in [-0.1, -0.05) is 60.7 Å². The van der Waals surface area contributed by atoms with E-state index in [0.717, 1.165) is 90.7 Å². The number of rotatable bonds is 6. The Kier molecular flexibility index (Phi) is 10.3. The van der Waals surface area contributed by atoms with Crippen molar-refractivity contribution in [3.8, 4) is 44.5 Å². The molecule has 10 aromatic rings. The largest absolute Gasteiger partial charge is 0.366 e. The van der Waals surface area contributed by atoms with Crippen molar-refractivity contribution in [1.29, 1.82) is 0 Å². The number of hydrogen-bond donors (Lipinski definition) is 1. The summed E-state index contributed by atoms with van der Waals surface area (Å²) in [4.78, 5) is 23.3. The van der Waals surface area contributed by atoms with Crippen LogP contribution < -0.4 is 15.1 Å². The predicted octanol–water partition coefficient (Wildman–Crippen LogP) is 11.2. The van der Waals surface area contributed by atoms with Gasteiger partial charge in [-0.15, -0.1) is 0 Å². The van der Waals surface area contributed by atoms with Crippen LogP contribution in [-0.4, -0.2) is 76.4 Å². The number of piperazine rings is 1. The average Bonchev–Trinajstić information content (AvgIpc) is 3.98. The molecule has 11 nitrogen and oxygen atoms in total. The fourth-order valence-corrected chi connectivity index (χ4v) is 10.2. The van der Waals surface area contributed by atoms with Gasteiger partial charge in [0.2, 0.25) is 0 Å². The molecule has 0 amide bonds. The van der Waals surface area contributed by atoms with Gasteiger partial charge in [0.05, 0.1) is 26.2 Å². The molecule has 4 atom stereocenters. The Labute approximate surface area is 387 Å². The Bertz CT molecular complexity index is 3190. The van der Waals surface area contributed by atoms with Crippen LogP contribution in [0.15, 0.2) is 159 Å². The van der Waals surface area contributed by atoms with E-state index >= 15 is 0 Å². The van der Waals surface area contributed by atoms with E-state index in [1.165, 1.54) is 30.6 Å². The number of nitrogens with zero attached hydrogens (tertiary/aromatic N) is 10. The van der Waals surface area contributed by atoms with Gasteiger partial charge in [0.25, 0.3) is 0 Å². The molecule has 12 rings (SSSR count). The summed E-state index contributed by atoms with van der Waals surface area (Å²) >= 11 is 0. The van der Waals surface area contributed by atoms with Gasteiger partial charge < -0.3 is 15.1 Å². The molecule has 66 heavy (non-hydrogen) atoms. The molecule has 11 heteroatoms. The number of aromatic nitrogens is 8. The second-order valence-electron chi connectivity index (χ2n) is 17.9. The fourth-order valence-electron chi connectivity index (χ4n) is 10.2. The van der Waals surface area contributed by atoms with Crippen molar-refractivity contribution in [3.05, 3.63) is 159 Å². The van der Waals surface area contributed by atoms with Gasteiger partial charge in [-0.3, -0.25) is 9.97 Å². The van der Waals surface area contributed by atoms with Crippen LogP contribution >= 0.6 is 0 Å². The Balaban J connectivity index is 0.000000149. The van der Waals surface area contributed by atoms with Crippen LogP contribution in [0.25, 0.3) is 77.6 Å². The third kappa shape index (κ3) is 7.68. The lowest BCUT2D eigenvalue weighted by atomic mass is 9.96. The van der Waals surface area contributed by atoms with Gasteiger partial charge in [-0.05, 0) is 118 Å². The lowest BCUT2D eigenvalue weighted by Crippen LogP contribution is -2.55. The van der Waals surface area contributed by atoms with Crippen LogP contribution in [0.4, 0.5) is 11.4 Å². The fraction of sp³-hybridized carbons (Fsp3) is 0.236. The molecule has 328 valence electrons. The van der Waals surface area contributed by atoms with Crippen molar-refractivity contribution in [2.45, 2.75) is 71.1 Å². The monoisotopic (exact) mass is 869 g/mol. The molecular weight excluding hydrogens is 815 g/mol. The first kappa shape index (κ1) is 38.9. The van der Waals surface area contributed by atoms with Crippen molar-refractivity contribution >= 4 is 44.5 Å². The van der Waals surface area contributed by atoms with Crippen molar-refractivity contribution in [3.63, 3.8) is 0 Å². The summed E-state index contributed by atoms with van der Waals surface area (Å²) in [6, 6.07) is 38.9. The van der Waals surface area contributed by atoms with Crippen molar-refractivity contribution < 1.29 is 2.74 Å². The number of benzene rings is 4. The molecule has 2 aliphatic heterocycles. The Morgan fingerprint density at radius 2 is 0.924 bits per heavy atom. The molecule has 4 aromatic carbocycles. The van der Waals surface area contributed by atoms with Crippen LogP contribution in [0.3, 0.4) is 0 Å². The van der Waals surface area contributed by atoms with Gasteiger partial charge in [0.1, 0.15) is 0 Å². The number of piperidine rings is 1. The van der Waals surface area contributed by atoms with Crippen LogP contribution in [0.5, 0.6) is 0 Å². The maximum Gasteiger partial charge on any atom is 0.162 e. The van der Waals surface area contributed by atoms with E-state index in [-0.39, 0.29) is 12.3 Å². The molecule has 0 aliphatic carbocycles. The number of hydrogen-bond acceptors (Lipinski definition) is 9. The first-order valence-corrected chi connectivity index (χ1v) is 23.1. The average molecular weight is 870 g/mol. The molecule has 0 radical (unpaired) electrons. The summed E-state index contributed by atoms with van der Waals surface area (Å²) in [5, 5.41) is 14.7. The highest BCUT2D eigenvalue weighted by atomic mass is 15.3. The normalized spacial score (nSPS) is 19.2. The molecule has 0 unspecified atom stereocenters. The molecular formula is C55H53N11. The van der Waals surface area contributed by atoms with Crippen molar-refractivity contribution in [1.82, 2.24) is 44.5 Å². The molecule has 2 fully saturated rings. The van der Waals surface area contributed by atoms with Crippen LogP contribution in [0.2, 0.25) is 0 Å². The lowest BCUT2D eigenvalue weighted by Gasteiger charge is -2.41. The lowest BCUT2D eigenvalue weighted by molar-refractivity contribution is 0.414. The standard InChI is InChI=1S/C28H27N5.C27H26N6/c1-19-6-3-7-20(2)33(19)23-13-11-21(12-14-23)22-16-30-28-26(17-31-32(28)18-22)24-8-4-10-27-25(24)9-5-15-29-27;1-18-13-28-14-19(2)33(18)22-10-8-20(9-11-22)21-15-30-27-25(16-31-32(27)17-21)23-5-3-7-26-24(23)6-4-12-29-26/h4-5,8-20H,3,6-7H2,1-2H3;3-12,15-19,28H,13-14H2,1-2H3/t19-,20+;18-,19+/i15D;12D. The maximum atomic E-state index is 7.81. The Morgan fingerprint density at radius 1 is 0.470 bits per heavy atom. The Morgan fingerprint density at radius 3 is 1.39 bits per heavy atom. The topological polar surface area (TPSA) is 105 Å². The Hall–Kier alpha value is -7.50. The summed E-state index contributed by atoms with van der Waals surface area (Å²) in [6.07, 6.45) is 16.0. The second-order valence-corrected chi connectivity index (χ2v) is 17.9. The van der Waals surface area contributed by atoms with E-state index in [1.54, 1.807) is 12.1 Å². The summed E-state index contributed by atoms with van der Waals surface area (Å²) in [5.74, 6) is 0. The molecule has 2 saturated heterocycles. The van der Waals surface area contributed by atoms with Crippen molar-refractivity contribution in [2.24, 2.45) is 0 Å². The zero-order valence-corrected chi connectivity index (χ0v) is 37.7. The van der Waals surface area contributed by atoms with Crippen molar-refractivity contribution in [2.75, 3.05) is 22.9 Å². The molecule has 0 bridgehead atoms. The smallest absolute Gasteiger partial charge is 0.162 e. The number of pyridine rings is 2. The molecule has 2 aliphatic rings. The van der Waals surface area contributed by atoms with Gasteiger partial charge in [-0.25, -0.2) is 19.0 Å². The molecule has 0 spiro atoms. The minimum absolute atomic E-state index is 0.263. The maximum absolute atomic E-state index is 7.81. The van der Waals surface area contributed by atoms with Crippen LogP contribution in [0.1, 0.15) is 49.7 Å². The number of anilines is 2. The summed E-state index contributed by atoms with van der Waals surface area (Å²) < 4.78 is 19.3. The van der Waals surface area contributed by atoms with E-state index in [2.05, 4.69) is 124 Å². The molecule has 6 aromatic heterocycles. The minimum Gasteiger partial charge on any atom is -0.366 e. The highest BCUT2D eigenvalue weighted by Gasteiger charge is 2.26. The van der Waals surface area contributed by atoms with E-state index < -0.39 is 0 Å². The first-order chi connectivity index (χ1) is 33.2. The van der Waals surface area contributed by atoms with Gasteiger partial charge >= 0.3 is 0 Å². The quantitative estimate of drug-likeness (QED) is 0.175. The molecule has 0 saturated carbocycles. The third-order valence-corrected chi connectivity index (χ3v) is 13.5. The molecule has 1 N–H and O–H groups in total. The first-order valence-electron chi connectivity index (χ1n) is 24.1. The summed E-state index contributed by atoms with van der Waals surface area (Å²) in [5.41, 5.74) is 14.0. The zero-order valence-electron chi connectivity index (χ0n) is 39.7. The van der Waals surface area contributed by atoms with E-state index in [9.17, 15) is 0 Å². The van der Waals surface area contributed by atoms with E-state index in [4.69, 9.17) is 12.7 Å². The highest BCUT2D eigenvalue weighted by molar-refractivity contribution is 5.99. The SMILES string of the molecule is [2H]c1ccc2c(-c3cnn4cc(-c5ccc(N6[C@H](C)CCC[C@@H]6C)cc5)cnc34)cccc2n1.[2H]c1ccc2c(-c3cnn4cc(-c5ccc(N6[C@H](C)CNC[C@@H]6C)cc5)cnc34)cccc2n1. The van der Waals surface area contributed by atoms with E-state index in [0.29, 0.717) is 24.2 Å². The number of fused-ring (bicyclic) bond motifs is 4. The summed E-state index contributed by atoms with van der Waals surface area (Å²) in [6.45, 7) is 11.2.